The highest BCUT2D eigenvalue weighted by Gasteiger charge is 2.18. The van der Waals surface area contributed by atoms with Gasteiger partial charge >= 0.3 is 5.97 Å². The summed E-state index contributed by atoms with van der Waals surface area (Å²) in [6, 6.07) is 14.0. The summed E-state index contributed by atoms with van der Waals surface area (Å²) in [5.41, 5.74) is 4.99. The van der Waals surface area contributed by atoms with Gasteiger partial charge in [-0.05, 0) is 56.1 Å². The highest BCUT2D eigenvalue weighted by Crippen LogP contribution is 2.30. The molecule has 4 rings (SSSR count). The Bertz CT molecular complexity index is 1090. The maximum Gasteiger partial charge on any atom is 0.317 e. The number of rotatable bonds is 9. The van der Waals surface area contributed by atoms with Crippen molar-refractivity contribution in [1.82, 2.24) is 15.0 Å². The van der Waals surface area contributed by atoms with Crippen LogP contribution in [0.15, 0.2) is 47.0 Å². The Hall–Kier alpha value is -3.23. The Morgan fingerprint density at radius 2 is 1.97 bits per heavy atom. The normalized spacial score (nSPS) is 14.1. The zero-order chi connectivity index (χ0) is 23.2. The number of aliphatic carboxylic acids is 1. The summed E-state index contributed by atoms with van der Waals surface area (Å²) in [4.78, 5) is 19.7. The van der Waals surface area contributed by atoms with E-state index in [-0.39, 0.29) is 6.54 Å². The number of methoxy groups -OCH3 is 1. The standard InChI is InChI=1S/C25H30N4O4/c1-28(16-23(30)31)15-18-7-6-8-19(13-18)24-26-25(33-27-24)20-9-10-22(21(14-20)17-32-2)29-11-4-3-5-12-29/h6-10,13-14H,3-5,11-12,15-17H2,1-2H3,(H,30,31). The zero-order valence-corrected chi connectivity index (χ0v) is 19.2. The SMILES string of the molecule is COCc1cc(-c2nc(-c3cccc(CN(C)CC(=O)O)c3)no2)ccc1N1CCCCC1. The third kappa shape index (κ3) is 5.77. The average molecular weight is 451 g/mol. The van der Waals surface area contributed by atoms with Gasteiger partial charge in [0, 0.05) is 49.1 Å². The van der Waals surface area contributed by atoms with E-state index in [0.29, 0.717) is 24.9 Å². The minimum absolute atomic E-state index is 0.0200. The second-order valence-corrected chi connectivity index (χ2v) is 8.51. The lowest BCUT2D eigenvalue weighted by Crippen LogP contribution is -2.30. The molecule has 33 heavy (non-hydrogen) atoms. The summed E-state index contributed by atoms with van der Waals surface area (Å²) in [5, 5.41) is 13.1. The van der Waals surface area contributed by atoms with Gasteiger partial charge in [0.25, 0.3) is 5.89 Å². The first-order valence-corrected chi connectivity index (χ1v) is 11.2. The molecular formula is C25H30N4O4. The van der Waals surface area contributed by atoms with Crippen LogP contribution in [0, 0.1) is 0 Å². The van der Waals surface area contributed by atoms with Crippen LogP contribution >= 0.6 is 0 Å². The molecule has 8 heteroatoms. The number of aromatic nitrogens is 2. The van der Waals surface area contributed by atoms with Gasteiger partial charge < -0.3 is 19.3 Å². The molecule has 174 valence electrons. The predicted molar refractivity (Wildman–Crippen MR) is 126 cm³/mol. The van der Waals surface area contributed by atoms with Gasteiger partial charge in [0.1, 0.15) is 0 Å². The zero-order valence-electron chi connectivity index (χ0n) is 19.2. The highest BCUT2D eigenvalue weighted by molar-refractivity contribution is 5.69. The molecule has 1 aliphatic heterocycles. The summed E-state index contributed by atoms with van der Waals surface area (Å²) in [5.74, 6) is 0.109. The van der Waals surface area contributed by atoms with Gasteiger partial charge in [-0.15, -0.1) is 0 Å². The van der Waals surface area contributed by atoms with Crippen LogP contribution in [0.1, 0.15) is 30.4 Å². The van der Waals surface area contributed by atoms with E-state index in [9.17, 15) is 4.79 Å². The number of likely N-dealkylation sites (N-methyl/N-ethyl adjacent to an activating group) is 1. The number of ether oxygens (including phenoxy) is 1. The molecule has 0 aliphatic carbocycles. The van der Waals surface area contributed by atoms with Crippen molar-refractivity contribution in [2.75, 3.05) is 38.7 Å². The predicted octanol–water partition coefficient (Wildman–Crippen LogP) is 4.06. The number of anilines is 1. The first-order chi connectivity index (χ1) is 16.0. The molecule has 0 saturated carbocycles. The molecule has 2 aromatic carbocycles. The molecule has 8 nitrogen and oxygen atoms in total. The van der Waals surface area contributed by atoms with Crippen molar-refractivity contribution in [3.05, 3.63) is 53.6 Å². The maximum absolute atomic E-state index is 10.9. The molecule has 0 spiro atoms. The molecule has 0 radical (unpaired) electrons. The van der Waals surface area contributed by atoms with E-state index in [1.165, 1.54) is 24.9 Å². The van der Waals surface area contributed by atoms with Gasteiger partial charge in [-0.3, -0.25) is 9.69 Å². The fraction of sp³-hybridized carbons (Fsp3) is 0.400. The van der Waals surface area contributed by atoms with Crippen molar-refractivity contribution in [2.45, 2.75) is 32.4 Å². The number of nitrogens with zero attached hydrogens (tertiary/aromatic N) is 4. The minimum atomic E-state index is -0.851. The van der Waals surface area contributed by atoms with Crippen LogP contribution < -0.4 is 4.90 Å². The molecule has 1 N–H and O–H groups in total. The number of piperidine rings is 1. The lowest BCUT2D eigenvalue weighted by atomic mass is 10.0. The Labute approximate surface area is 193 Å². The fourth-order valence-electron chi connectivity index (χ4n) is 4.30. The number of hydrogen-bond donors (Lipinski definition) is 1. The first kappa shape index (κ1) is 22.9. The Kier molecular flexibility index (Phi) is 7.36. The van der Waals surface area contributed by atoms with Crippen molar-refractivity contribution < 1.29 is 19.2 Å². The van der Waals surface area contributed by atoms with Crippen LogP contribution in [0.4, 0.5) is 5.69 Å². The van der Waals surface area contributed by atoms with Crippen LogP contribution in [-0.4, -0.2) is 59.9 Å². The number of benzene rings is 2. The summed E-state index contributed by atoms with van der Waals surface area (Å²) in [6.07, 6.45) is 3.72. The van der Waals surface area contributed by atoms with Gasteiger partial charge in [-0.1, -0.05) is 23.4 Å². The van der Waals surface area contributed by atoms with Gasteiger partial charge in [-0.25, -0.2) is 0 Å². The number of carboxylic acids is 1. The first-order valence-electron chi connectivity index (χ1n) is 11.2. The molecular weight excluding hydrogens is 420 g/mol. The highest BCUT2D eigenvalue weighted by atomic mass is 16.5. The van der Waals surface area contributed by atoms with Crippen LogP contribution in [0.25, 0.3) is 22.8 Å². The summed E-state index contributed by atoms with van der Waals surface area (Å²) < 4.78 is 11.1. The van der Waals surface area contributed by atoms with E-state index in [2.05, 4.69) is 27.2 Å². The van der Waals surface area contributed by atoms with Crippen LogP contribution in [0.3, 0.4) is 0 Å². The molecule has 0 atom stereocenters. The topological polar surface area (TPSA) is 91.9 Å². The van der Waals surface area contributed by atoms with Crippen molar-refractivity contribution in [3.63, 3.8) is 0 Å². The number of carboxylic acid groups (broad SMARTS) is 1. The Morgan fingerprint density at radius 1 is 1.15 bits per heavy atom. The number of hydrogen-bond acceptors (Lipinski definition) is 7. The minimum Gasteiger partial charge on any atom is -0.480 e. The van der Waals surface area contributed by atoms with Gasteiger partial charge in [-0.2, -0.15) is 4.98 Å². The van der Waals surface area contributed by atoms with Crippen LogP contribution in [-0.2, 0) is 22.7 Å². The third-order valence-electron chi connectivity index (χ3n) is 5.79. The summed E-state index contributed by atoms with van der Waals surface area (Å²) >= 11 is 0. The second-order valence-electron chi connectivity index (χ2n) is 8.51. The van der Waals surface area contributed by atoms with E-state index in [1.807, 2.05) is 30.3 Å². The van der Waals surface area contributed by atoms with E-state index >= 15 is 0 Å². The van der Waals surface area contributed by atoms with E-state index in [4.69, 9.17) is 14.4 Å². The quantitative estimate of drug-likeness (QED) is 0.522. The number of carbonyl (C=O) groups is 1. The molecule has 1 fully saturated rings. The molecule has 1 aliphatic rings. The van der Waals surface area contributed by atoms with E-state index in [1.54, 1.807) is 19.1 Å². The third-order valence-corrected chi connectivity index (χ3v) is 5.79. The van der Waals surface area contributed by atoms with Crippen molar-refractivity contribution in [3.8, 4) is 22.8 Å². The largest absolute Gasteiger partial charge is 0.480 e. The molecule has 3 aromatic rings. The lowest BCUT2D eigenvalue weighted by molar-refractivity contribution is -0.138. The average Bonchev–Trinajstić information content (AvgIpc) is 3.30. The van der Waals surface area contributed by atoms with Crippen LogP contribution in [0.5, 0.6) is 0 Å². The molecule has 2 heterocycles. The van der Waals surface area contributed by atoms with Gasteiger partial charge in [0.2, 0.25) is 5.82 Å². The van der Waals surface area contributed by atoms with Crippen molar-refractivity contribution in [1.29, 1.82) is 0 Å². The van der Waals surface area contributed by atoms with Gasteiger partial charge in [0.05, 0.1) is 13.2 Å². The smallest absolute Gasteiger partial charge is 0.317 e. The second kappa shape index (κ2) is 10.6. The maximum atomic E-state index is 10.9. The molecule has 1 aromatic heterocycles. The lowest BCUT2D eigenvalue weighted by Gasteiger charge is -2.30. The van der Waals surface area contributed by atoms with E-state index < -0.39 is 5.97 Å². The Morgan fingerprint density at radius 3 is 2.73 bits per heavy atom. The van der Waals surface area contributed by atoms with E-state index in [0.717, 1.165) is 35.3 Å². The van der Waals surface area contributed by atoms with Crippen molar-refractivity contribution >= 4 is 11.7 Å². The Balaban J connectivity index is 1.55. The fourth-order valence-corrected chi connectivity index (χ4v) is 4.30. The van der Waals surface area contributed by atoms with Crippen molar-refractivity contribution in [2.24, 2.45) is 0 Å². The van der Waals surface area contributed by atoms with Crippen LogP contribution in [0.2, 0.25) is 0 Å². The summed E-state index contributed by atoms with van der Waals surface area (Å²) in [7, 11) is 3.48. The molecule has 0 amide bonds. The molecule has 1 saturated heterocycles. The van der Waals surface area contributed by atoms with Gasteiger partial charge in [0.15, 0.2) is 0 Å². The monoisotopic (exact) mass is 450 g/mol. The summed E-state index contributed by atoms with van der Waals surface area (Å²) in [6.45, 7) is 3.15. The molecule has 0 unspecified atom stereocenters. The molecule has 0 bridgehead atoms.